The Kier molecular flexibility index (Phi) is 2.45. The maximum Gasteiger partial charge on any atom is 0.451 e. The number of hydrogen-bond acceptors (Lipinski definition) is 3. The van der Waals surface area contributed by atoms with Gasteiger partial charge in [0.15, 0.2) is 0 Å². The van der Waals surface area contributed by atoms with Gasteiger partial charge in [0.05, 0.1) is 18.1 Å². The lowest BCUT2D eigenvalue weighted by Crippen LogP contribution is -2.10. The van der Waals surface area contributed by atoms with E-state index in [1.807, 2.05) is 0 Å². The normalized spacial score (nSPS) is 11.0. The molecule has 70 valence electrons. The van der Waals surface area contributed by atoms with Crippen LogP contribution in [-0.4, -0.2) is 16.4 Å². The monoisotopic (exact) mass is 191 g/mol. The molecule has 0 aliphatic carbocycles. The number of rotatable bonds is 2. The van der Waals surface area contributed by atoms with Gasteiger partial charge in [0.1, 0.15) is 0 Å². The van der Waals surface area contributed by atoms with E-state index in [9.17, 15) is 18.0 Å². The highest BCUT2D eigenvalue weighted by Gasteiger charge is 2.34. The molecule has 13 heavy (non-hydrogen) atoms. The van der Waals surface area contributed by atoms with Crippen molar-refractivity contribution in [2.24, 2.45) is 0 Å². The van der Waals surface area contributed by atoms with Crippen LogP contribution in [0.4, 0.5) is 18.9 Å². The molecule has 0 aliphatic heterocycles. The van der Waals surface area contributed by atoms with Gasteiger partial charge in [-0.15, -0.1) is 0 Å². The van der Waals surface area contributed by atoms with Crippen LogP contribution in [0.3, 0.4) is 0 Å². The first kappa shape index (κ1) is 9.43. The van der Waals surface area contributed by atoms with E-state index in [1.54, 1.807) is 0 Å². The molecule has 7 heteroatoms. The van der Waals surface area contributed by atoms with Crippen LogP contribution in [0, 0.1) is 0 Å². The number of nitrogens with zero attached hydrogens (tertiary/aromatic N) is 2. The maximum atomic E-state index is 11.9. The fourth-order valence-corrected chi connectivity index (χ4v) is 0.617. The summed E-state index contributed by atoms with van der Waals surface area (Å²) in [5.41, 5.74) is 0.114. The van der Waals surface area contributed by atoms with E-state index in [2.05, 4.69) is 15.3 Å². The van der Waals surface area contributed by atoms with Gasteiger partial charge in [-0.2, -0.15) is 13.2 Å². The minimum Gasteiger partial charge on any atom is -0.326 e. The van der Waals surface area contributed by atoms with Crippen molar-refractivity contribution >= 4 is 12.1 Å². The van der Waals surface area contributed by atoms with Crippen molar-refractivity contribution in [3.63, 3.8) is 0 Å². The summed E-state index contributed by atoms with van der Waals surface area (Å²) in [6, 6.07) is 0. The number of nitrogens with one attached hydrogen (secondary N) is 1. The highest BCUT2D eigenvalue weighted by molar-refractivity contribution is 5.69. The Bertz CT molecular complexity index is 295. The molecule has 0 bridgehead atoms. The number of carbonyl (C=O) groups is 1. The van der Waals surface area contributed by atoms with Crippen LogP contribution >= 0.6 is 0 Å². The van der Waals surface area contributed by atoms with Crippen LogP contribution in [0.1, 0.15) is 5.82 Å². The van der Waals surface area contributed by atoms with Crippen molar-refractivity contribution < 1.29 is 18.0 Å². The van der Waals surface area contributed by atoms with E-state index in [1.165, 1.54) is 0 Å². The smallest absolute Gasteiger partial charge is 0.326 e. The van der Waals surface area contributed by atoms with Gasteiger partial charge in [-0.3, -0.25) is 4.79 Å². The molecule has 0 radical (unpaired) electrons. The molecule has 0 aliphatic rings. The zero-order valence-electron chi connectivity index (χ0n) is 6.17. The fraction of sp³-hybridized carbons (Fsp3) is 0.167. The second kappa shape index (κ2) is 3.38. The number of alkyl halides is 3. The van der Waals surface area contributed by atoms with Gasteiger partial charge in [-0.05, 0) is 0 Å². The summed E-state index contributed by atoms with van der Waals surface area (Å²) in [4.78, 5) is 15.9. The minimum absolute atomic E-state index is 0.114. The predicted molar refractivity (Wildman–Crippen MR) is 36.7 cm³/mol. The fourth-order valence-electron chi connectivity index (χ4n) is 0.617. The Morgan fingerprint density at radius 1 is 1.31 bits per heavy atom. The number of carbonyl (C=O) groups excluding carboxylic acids is 1. The van der Waals surface area contributed by atoms with Crippen molar-refractivity contribution in [3.05, 3.63) is 18.2 Å². The third-order valence-electron chi connectivity index (χ3n) is 1.13. The summed E-state index contributed by atoms with van der Waals surface area (Å²) < 4.78 is 35.7. The molecule has 0 atom stereocenters. The van der Waals surface area contributed by atoms with E-state index < -0.39 is 12.0 Å². The molecular formula is C6H4F3N3O. The van der Waals surface area contributed by atoms with Crippen LogP contribution in [0.2, 0.25) is 0 Å². The zero-order chi connectivity index (χ0) is 9.90. The first-order valence-electron chi connectivity index (χ1n) is 3.13. The Labute approximate surface area is 70.8 Å². The summed E-state index contributed by atoms with van der Waals surface area (Å²) >= 11 is 0. The predicted octanol–water partition coefficient (Wildman–Crippen LogP) is 1.06. The summed E-state index contributed by atoms with van der Waals surface area (Å²) in [7, 11) is 0. The lowest BCUT2D eigenvalue weighted by molar-refractivity contribution is -0.144. The number of aromatic nitrogens is 2. The number of anilines is 1. The van der Waals surface area contributed by atoms with Crippen molar-refractivity contribution in [1.29, 1.82) is 0 Å². The second-order valence-electron chi connectivity index (χ2n) is 2.06. The molecule has 0 unspecified atom stereocenters. The Morgan fingerprint density at radius 3 is 2.23 bits per heavy atom. The first-order valence-corrected chi connectivity index (χ1v) is 3.13. The quantitative estimate of drug-likeness (QED) is 0.711. The molecule has 0 fully saturated rings. The molecular weight excluding hydrogens is 187 g/mol. The standard InChI is InChI=1S/C6H4F3N3O/c7-6(8,9)5-10-1-4(2-11-5)12-3-13/h1-3H,(H,12,13). The van der Waals surface area contributed by atoms with Crippen molar-refractivity contribution in [2.45, 2.75) is 6.18 Å². The van der Waals surface area contributed by atoms with Gasteiger partial charge in [-0.25, -0.2) is 9.97 Å². The van der Waals surface area contributed by atoms with E-state index in [-0.39, 0.29) is 5.69 Å². The lowest BCUT2D eigenvalue weighted by Gasteiger charge is -2.03. The largest absolute Gasteiger partial charge is 0.451 e. The molecule has 1 aromatic heterocycles. The Morgan fingerprint density at radius 2 is 1.85 bits per heavy atom. The van der Waals surface area contributed by atoms with Crippen LogP contribution in [-0.2, 0) is 11.0 Å². The minimum atomic E-state index is -4.56. The van der Waals surface area contributed by atoms with Crippen LogP contribution in [0.25, 0.3) is 0 Å². The van der Waals surface area contributed by atoms with E-state index >= 15 is 0 Å². The zero-order valence-corrected chi connectivity index (χ0v) is 6.17. The maximum absolute atomic E-state index is 11.9. The van der Waals surface area contributed by atoms with Gasteiger partial charge in [0, 0.05) is 0 Å². The number of amides is 1. The SMILES string of the molecule is O=CNc1cnc(C(F)(F)F)nc1. The van der Waals surface area contributed by atoms with Crippen LogP contribution < -0.4 is 5.32 Å². The summed E-state index contributed by atoms with van der Waals surface area (Å²) in [6.45, 7) is 0. The average Bonchev–Trinajstić information content (AvgIpc) is 2.04. The number of halogens is 3. The summed E-state index contributed by atoms with van der Waals surface area (Å²) in [6.07, 6.45) is -2.47. The van der Waals surface area contributed by atoms with Gasteiger partial charge in [0.25, 0.3) is 0 Å². The average molecular weight is 191 g/mol. The molecule has 0 saturated carbocycles. The van der Waals surface area contributed by atoms with E-state index in [0.717, 1.165) is 12.4 Å². The van der Waals surface area contributed by atoms with Crippen LogP contribution in [0.15, 0.2) is 12.4 Å². The van der Waals surface area contributed by atoms with E-state index in [0.29, 0.717) is 6.41 Å². The third kappa shape index (κ3) is 2.39. The summed E-state index contributed by atoms with van der Waals surface area (Å²) in [5, 5.41) is 2.11. The Balaban J connectivity index is 2.87. The Hall–Kier alpha value is -1.66. The molecule has 0 aromatic carbocycles. The lowest BCUT2D eigenvalue weighted by atomic mass is 10.5. The van der Waals surface area contributed by atoms with Crippen molar-refractivity contribution in [1.82, 2.24) is 9.97 Å². The molecule has 1 aromatic rings. The van der Waals surface area contributed by atoms with Gasteiger partial charge in [0.2, 0.25) is 12.2 Å². The number of hydrogen-bond donors (Lipinski definition) is 1. The highest BCUT2D eigenvalue weighted by atomic mass is 19.4. The second-order valence-corrected chi connectivity index (χ2v) is 2.06. The molecule has 1 rings (SSSR count). The third-order valence-corrected chi connectivity index (χ3v) is 1.13. The molecule has 0 spiro atoms. The van der Waals surface area contributed by atoms with Crippen molar-refractivity contribution in [3.8, 4) is 0 Å². The van der Waals surface area contributed by atoms with Gasteiger partial charge < -0.3 is 5.32 Å². The van der Waals surface area contributed by atoms with Gasteiger partial charge in [-0.1, -0.05) is 0 Å². The molecule has 1 N–H and O–H groups in total. The summed E-state index contributed by atoms with van der Waals surface area (Å²) in [5.74, 6) is -1.23. The first-order chi connectivity index (χ1) is 6.04. The molecule has 0 saturated heterocycles. The van der Waals surface area contributed by atoms with E-state index in [4.69, 9.17) is 0 Å². The highest BCUT2D eigenvalue weighted by Crippen LogP contribution is 2.25. The molecule has 1 amide bonds. The van der Waals surface area contributed by atoms with Crippen LogP contribution in [0.5, 0.6) is 0 Å². The topological polar surface area (TPSA) is 54.9 Å². The van der Waals surface area contributed by atoms with Gasteiger partial charge >= 0.3 is 6.18 Å². The molecule has 1 heterocycles. The van der Waals surface area contributed by atoms with Crippen molar-refractivity contribution in [2.75, 3.05) is 5.32 Å². The molecule has 4 nitrogen and oxygen atoms in total.